The van der Waals surface area contributed by atoms with Crippen molar-refractivity contribution in [2.24, 2.45) is 5.92 Å². The van der Waals surface area contributed by atoms with Gasteiger partial charge in [0.25, 0.3) is 11.1 Å². The van der Waals surface area contributed by atoms with Crippen LogP contribution >= 0.6 is 27.7 Å². The second kappa shape index (κ2) is 8.71. The number of imide groups is 1. The van der Waals surface area contributed by atoms with Gasteiger partial charge in [0, 0.05) is 22.4 Å². The van der Waals surface area contributed by atoms with Gasteiger partial charge in [-0.1, -0.05) is 35.2 Å². The molecule has 1 aliphatic carbocycles. The lowest BCUT2D eigenvalue weighted by molar-refractivity contribution is -0.123. The van der Waals surface area contributed by atoms with Crippen molar-refractivity contribution in [3.8, 4) is 5.69 Å². The Balaban J connectivity index is 1.60. The Labute approximate surface area is 188 Å². The number of rotatable bonds is 4. The molecule has 4 nitrogen and oxygen atoms in total. The van der Waals surface area contributed by atoms with Gasteiger partial charge in [0.1, 0.15) is 5.82 Å². The zero-order valence-corrected chi connectivity index (χ0v) is 19.5. The van der Waals surface area contributed by atoms with E-state index in [2.05, 4.69) is 15.9 Å². The molecule has 30 heavy (non-hydrogen) atoms. The average Bonchev–Trinajstić information content (AvgIpc) is 3.13. The summed E-state index contributed by atoms with van der Waals surface area (Å²) < 4.78 is 17.0. The fraction of sp³-hybridized carbons (Fsp3) is 0.391. The van der Waals surface area contributed by atoms with Crippen molar-refractivity contribution < 1.29 is 14.0 Å². The van der Waals surface area contributed by atoms with Gasteiger partial charge in [-0.05, 0) is 80.3 Å². The highest BCUT2D eigenvalue weighted by atomic mass is 79.9. The van der Waals surface area contributed by atoms with Crippen LogP contribution < -0.4 is 0 Å². The van der Waals surface area contributed by atoms with E-state index >= 15 is 0 Å². The Bertz CT molecular complexity index is 1040. The van der Waals surface area contributed by atoms with Gasteiger partial charge < -0.3 is 4.57 Å². The van der Waals surface area contributed by atoms with Crippen molar-refractivity contribution in [1.82, 2.24) is 9.47 Å². The summed E-state index contributed by atoms with van der Waals surface area (Å²) in [6.45, 7) is 4.32. The minimum Gasteiger partial charge on any atom is -0.315 e. The Hall–Kier alpha value is -1.86. The summed E-state index contributed by atoms with van der Waals surface area (Å²) in [6, 6.07) is 6.88. The van der Waals surface area contributed by atoms with E-state index in [0.29, 0.717) is 27.5 Å². The lowest BCUT2D eigenvalue weighted by atomic mass is 9.89. The number of carbonyl (C=O) groups is 2. The Morgan fingerprint density at radius 1 is 1.17 bits per heavy atom. The van der Waals surface area contributed by atoms with Gasteiger partial charge >= 0.3 is 0 Å². The number of aryl methyl sites for hydroxylation is 1. The molecule has 0 radical (unpaired) electrons. The molecule has 2 amide bonds. The summed E-state index contributed by atoms with van der Waals surface area (Å²) in [4.78, 5) is 27.2. The molecule has 0 N–H and O–H groups in total. The van der Waals surface area contributed by atoms with Crippen molar-refractivity contribution in [3.05, 3.63) is 56.4 Å². The number of hydrogen-bond acceptors (Lipinski definition) is 3. The van der Waals surface area contributed by atoms with Crippen LogP contribution in [0.5, 0.6) is 0 Å². The first kappa shape index (κ1) is 21.4. The van der Waals surface area contributed by atoms with Crippen LogP contribution in [0.2, 0.25) is 0 Å². The number of benzene rings is 1. The van der Waals surface area contributed by atoms with Gasteiger partial charge in [-0.15, -0.1) is 0 Å². The van der Waals surface area contributed by atoms with Crippen LogP contribution in [0.1, 0.15) is 49.1 Å². The molecule has 1 aromatic carbocycles. The zero-order valence-electron chi connectivity index (χ0n) is 17.1. The first-order valence-corrected chi connectivity index (χ1v) is 11.9. The maximum Gasteiger partial charge on any atom is 0.293 e. The number of thioether (sulfide) groups is 1. The van der Waals surface area contributed by atoms with Gasteiger partial charge in [0.05, 0.1) is 10.6 Å². The first-order valence-electron chi connectivity index (χ1n) is 10.2. The van der Waals surface area contributed by atoms with Gasteiger partial charge in [-0.2, -0.15) is 0 Å². The highest BCUT2D eigenvalue weighted by Gasteiger charge is 2.36. The molecule has 0 spiro atoms. The largest absolute Gasteiger partial charge is 0.315 e. The molecular weight excluding hydrogens is 467 g/mol. The molecule has 7 heteroatoms. The van der Waals surface area contributed by atoms with Crippen LogP contribution in [0.4, 0.5) is 9.18 Å². The minimum absolute atomic E-state index is 0.190. The third kappa shape index (κ3) is 4.14. The molecule has 2 aliphatic rings. The van der Waals surface area contributed by atoms with E-state index in [9.17, 15) is 14.0 Å². The topological polar surface area (TPSA) is 42.3 Å². The third-order valence-electron chi connectivity index (χ3n) is 5.95. The van der Waals surface area contributed by atoms with E-state index in [1.165, 1.54) is 30.2 Å². The summed E-state index contributed by atoms with van der Waals surface area (Å²) in [6.07, 6.45) is 7.53. The van der Waals surface area contributed by atoms with Crippen molar-refractivity contribution >= 4 is 44.9 Å². The average molecular weight is 491 g/mol. The fourth-order valence-electron chi connectivity index (χ4n) is 4.39. The van der Waals surface area contributed by atoms with Gasteiger partial charge in [0.2, 0.25) is 0 Å². The lowest BCUT2D eigenvalue weighted by Gasteiger charge is -2.25. The number of carbonyl (C=O) groups excluding carboxylic acids is 2. The highest BCUT2D eigenvalue weighted by Crippen LogP contribution is 2.36. The van der Waals surface area contributed by atoms with Gasteiger partial charge in [0.15, 0.2) is 0 Å². The molecule has 0 atom stereocenters. The predicted octanol–water partition coefficient (Wildman–Crippen LogP) is 6.61. The van der Waals surface area contributed by atoms with E-state index in [-0.39, 0.29) is 17.0 Å². The maximum absolute atomic E-state index is 14.5. The van der Waals surface area contributed by atoms with Crippen molar-refractivity contribution in [2.45, 2.75) is 46.0 Å². The standard InChI is InChI=1S/C23H24BrFN2O2S/c1-14-10-17(15(2)27(14)20-9-8-18(24)12-19(20)25)11-21-22(28)26(23(29)30-21)13-16-6-4-3-5-7-16/h8-12,16H,3-7,13H2,1-2H3/b21-11+. The summed E-state index contributed by atoms with van der Waals surface area (Å²) in [5, 5.41) is -0.190. The van der Waals surface area contributed by atoms with Crippen LogP contribution in [-0.4, -0.2) is 27.2 Å². The molecule has 2 heterocycles. The van der Waals surface area contributed by atoms with Gasteiger partial charge in [-0.3, -0.25) is 14.5 Å². The third-order valence-corrected chi connectivity index (χ3v) is 7.35. The molecule has 1 saturated heterocycles. The monoisotopic (exact) mass is 490 g/mol. The maximum atomic E-state index is 14.5. The zero-order chi connectivity index (χ0) is 21.4. The van der Waals surface area contributed by atoms with E-state index < -0.39 is 0 Å². The number of halogens is 2. The molecule has 2 fully saturated rings. The Morgan fingerprint density at radius 2 is 1.90 bits per heavy atom. The molecule has 1 aromatic heterocycles. The molecule has 158 valence electrons. The number of nitrogens with zero attached hydrogens (tertiary/aromatic N) is 2. The molecule has 4 rings (SSSR count). The number of aromatic nitrogens is 1. The van der Waals surface area contributed by atoms with Gasteiger partial charge in [-0.25, -0.2) is 4.39 Å². The SMILES string of the molecule is Cc1cc(/C=C2/SC(=O)N(CC3CCCCC3)C2=O)c(C)n1-c1ccc(Br)cc1F. The minimum atomic E-state index is -0.328. The summed E-state index contributed by atoms with van der Waals surface area (Å²) >= 11 is 4.29. The summed E-state index contributed by atoms with van der Waals surface area (Å²) in [7, 11) is 0. The van der Waals surface area contributed by atoms with E-state index in [1.807, 2.05) is 24.5 Å². The van der Waals surface area contributed by atoms with Crippen LogP contribution in [-0.2, 0) is 4.79 Å². The van der Waals surface area contributed by atoms with Crippen LogP contribution in [0, 0.1) is 25.6 Å². The normalized spacial score (nSPS) is 19.3. The predicted molar refractivity (Wildman–Crippen MR) is 122 cm³/mol. The van der Waals surface area contributed by atoms with Crippen LogP contribution in [0.3, 0.4) is 0 Å². The smallest absolute Gasteiger partial charge is 0.293 e. The molecule has 1 aliphatic heterocycles. The highest BCUT2D eigenvalue weighted by molar-refractivity contribution is 9.10. The van der Waals surface area contributed by atoms with E-state index in [1.54, 1.807) is 18.2 Å². The second-order valence-electron chi connectivity index (χ2n) is 8.05. The number of hydrogen-bond donors (Lipinski definition) is 0. The summed E-state index contributed by atoms with van der Waals surface area (Å²) in [5.74, 6) is -0.127. The van der Waals surface area contributed by atoms with E-state index in [0.717, 1.165) is 41.6 Å². The van der Waals surface area contributed by atoms with E-state index in [4.69, 9.17) is 0 Å². The van der Waals surface area contributed by atoms with Crippen LogP contribution in [0.25, 0.3) is 11.8 Å². The Kier molecular flexibility index (Phi) is 6.21. The molecule has 2 aromatic rings. The molecular formula is C23H24BrFN2O2S. The van der Waals surface area contributed by atoms with Crippen molar-refractivity contribution in [2.75, 3.05) is 6.54 Å². The van der Waals surface area contributed by atoms with Crippen molar-refractivity contribution in [3.63, 3.8) is 0 Å². The second-order valence-corrected chi connectivity index (χ2v) is 9.96. The molecule has 0 unspecified atom stereocenters. The quantitative estimate of drug-likeness (QED) is 0.452. The lowest BCUT2D eigenvalue weighted by Crippen LogP contribution is -2.34. The fourth-order valence-corrected chi connectivity index (χ4v) is 5.57. The van der Waals surface area contributed by atoms with Crippen LogP contribution in [0.15, 0.2) is 33.6 Å². The molecule has 0 bridgehead atoms. The van der Waals surface area contributed by atoms with Crippen molar-refractivity contribution in [1.29, 1.82) is 0 Å². The summed E-state index contributed by atoms with van der Waals surface area (Å²) in [5.41, 5.74) is 2.96. The Morgan fingerprint density at radius 3 is 2.60 bits per heavy atom. The first-order chi connectivity index (χ1) is 14.3. The number of amides is 2. The molecule has 1 saturated carbocycles.